The number of benzene rings is 3. The minimum Gasteiger partial charge on any atom is -0.330 e. The van der Waals surface area contributed by atoms with Gasteiger partial charge in [0.15, 0.2) is 0 Å². The summed E-state index contributed by atoms with van der Waals surface area (Å²) in [5, 5.41) is 1.66. The standard InChI is InChI=1S/C24H27N3O2S/c25-14-6-11-22(24(29)30)27(20-13-12-18-9-4-5-10-19(18)16-20)23(28)21(26)15-17-7-2-1-3-8-17/h1-5,7-10,12-13,16,21-22H,6,11,14-15,25-26H2,(H,29,30)/t21-,22-/m0/s1. The predicted molar refractivity (Wildman–Crippen MR) is 126 cm³/mol. The van der Waals surface area contributed by atoms with Crippen LogP contribution in [0, 0.1) is 0 Å². The summed E-state index contributed by atoms with van der Waals surface area (Å²) < 4.78 is 0. The van der Waals surface area contributed by atoms with E-state index in [0.29, 0.717) is 31.5 Å². The van der Waals surface area contributed by atoms with E-state index in [1.54, 1.807) is 0 Å². The summed E-state index contributed by atoms with van der Waals surface area (Å²) in [6, 6.07) is 21.7. The van der Waals surface area contributed by atoms with Crippen LogP contribution in [0.3, 0.4) is 0 Å². The summed E-state index contributed by atoms with van der Waals surface area (Å²) in [5.74, 6) is -0.307. The molecule has 3 aromatic carbocycles. The Balaban J connectivity index is 1.98. The van der Waals surface area contributed by atoms with Gasteiger partial charge in [0, 0.05) is 5.69 Å². The van der Waals surface area contributed by atoms with Crippen LogP contribution >= 0.6 is 12.6 Å². The molecule has 0 aliphatic heterocycles. The third-order valence-electron chi connectivity index (χ3n) is 5.14. The maximum Gasteiger partial charge on any atom is 0.244 e. The Bertz CT molecular complexity index is 1010. The van der Waals surface area contributed by atoms with Gasteiger partial charge in [-0.25, -0.2) is 0 Å². The van der Waals surface area contributed by atoms with E-state index >= 15 is 0 Å². The van der Waals surface area contributed by atoms with Gasteiger partial charge in [0.2, 0.25) is 11.0 Å². The van der Waals surface area contributed by atoms with Crippen LogP contribution in [0.25, 0.3) is 10.8 Å². The number of anilines is 1. The number of fused-ring (bicyclic) bond motifs is 1. The third kappa shape index (κ3) is 5.27. The SMILES string of the molecule is NCCC[C@@H](C(=O)S)N(C(=O)[C@@H](N)Cc1ccccc1)c1ccc2ccccc2c1. The average molecular weight is 422 g/mol. The van der Waals surface area contributed by atoms with Crippen LogP contribution in [0.1, 0.15) is 18.4 Å². The second-order valence-corrected chi connectivity index (χ2v) is 7.76. The fourth-order valence-corrected chi connectivity index (χ4v) is 3.84. The Morgan fingerprint density at radius 1 is 0.933 bits per heavy atom. The molecule has 6 heteroatoms. The third-order valence-corrected chi connectivity index (χ3v) is 5.44. The molecule has 1 amide bonds. The molecule has 0 aliphatic rings. The normalized spacial score (nSPS) is 13.0. The minimum atomic E-state index is -0.785. The van der Waals surface area contributed by atoms with Crippen LogP contribution in [-0.2, 0) is 16.0 Å². The maximum absolute atomic E-state index is 13.5. The first kappa shape index (κ1) is 22.0. The quantitative estimate of drug-likeness (QED) is 0.463. The molecular formula is C24H27N3O2S. The Morgan fingerprint density at radius 2 is 1.60 bits per heavy atom. The highest BCUT2D eigenvalue weighted by atomic mass is 32.1. The minimum absolute atomic E-state index is 0.307. The van der Waals surface area contributed by atoms with Crippen molar-refractivity contribution in [3.05, 3.63) is 78.4 Å². The van der Waals surface area contributed by atoms with Gasteiger partial charge in [0.05, 0.1) is 6.04 Å². The summed E-state index contributed by atoms with van der Waals surface area (Å²) in [7, 11) is 0. The molecule has 2 atom stereocenters. The smallest absolute Gasteiger partial charge is 0.244 e. The number of rotatable bonds is 9. The van der Waals surface area contributed by atoms with Crippen LogP contribution < -0.4 is 16.4 Å². The molecule has 0 spiro atoms. The summed E-state index contributed by atoms with van der Waals surface area (Å²) >= 11 is 4.08. The number of hydrogen-bond donors (Lipinski definition) is 3. The topological polar surface area (TPSA) is 89.4 Å². The predicted octanol–water partition coefficient (Wildman–Crippen LogP) is 3.31. The van der Waals surface area contributed by atoms with Crippen molar-refractivity contribution in [3.63, 3.8) is 0 Å². The molecule has 0 aliphatic carbocycles. The highest BCUT2D eigenvalue weighted by Crippen LogP contribution is 2.27. The van der Waals surface area contributed by atoms with Crippen molar-refractivity contribution in [1.82, 2.24) is 0 Å². The van der Waals surface area contributed by atoms with Crippen molar-refractivity contribution < 1.29 is 9.59 Å². The Morgan fingerprint density at radius 3 is 2.27 bits per heavy atom. The fourth-order valence-electron chi connectivity index (χ4n) is 3.60. The van der Waals surface area contributed by atoms with E-state index < -0.39 is 12.1 Å². The zero-order valence-corrected chi connectivity index (χ0v) is 17.7. The number of nitrogens with two attached hydrogens (primary N) is 2. The zero-order valence-electron chi connectivity index (χ0n) is 16.8. The van der Waals surface area contributed by atoms with Crippen LogP contribution in [0.4, 0.5) is 5.69 Å². The van der Waals surface area contributed by atoms with Gasteiger partial charge >= 0.3 is 0 Å². The highest BCUT2D eigenvalue weighted by Gasteiger charge is 2.32. The lowest BCUT2D eigenvalue weighted by Gasteiger charge is -2.32. The van der Waals surface area contributed by atoms with Gasteiger partial charge in [-0.15, -0.1) is 12.6 Å². The van der Waals surface area contributed by atoms with Gasteiger partial charge in [-0.3, -0.25) is 14.5 Å². The molecule has 0 bridgehead atoms. The van der Waals surface area contributed by atoms with E-state index in [9.17, 15) is 9.59 Å². The molecule has 5 nitrogen and oxygen atoms in total. The van der Waals surface area contributed by atoms with Crippen molar-refractivity contribution in [2.75, 3.05) is 11.4 Å². The second-order valence-electron chi connectivity index (χ2n) is 7.32. The van der Waals surface area contributed by atoms with Crippen LogP contribution in [0.15, 0.2) is 72.8 Å². The first-order valence-electron chi connectivity index (χ1n) is 10.1. The number of hydrogen-bond acceptors (Lipinski definition) is 4. The van der Waals surface area contributed by atoms with Gasteiger partial charge in [-0.05, 0) is 54.3 Å². The summed E-state index contributed by atoms with van der Waals surface area (Å²) in [6.07, 6.45) is 1.41. The molecule has 0 radical (unpaired) electrons. The zero-order chi connectivity index (χ0) is 21.5. The highest BCUT2D eigenvalue weighted by molar-refractivity contribution is 7.96. The molecular weight excluding hydrogens is 394 g/mol. The molecule has 0 aromatic heterocycles. The molecule has 0 saturated carbocycles. The van der Waals surface area contributed by atoms with E-state index in [1.165, 1.54) is 4.90 Å². The molecule has 0 unspecified atom stereocenters. The van der Waals surface area contributed by atoms with Gasteiger partial charge in [0.1, 0.15) is 6.04 Å². The van der Waals surface area contributed by atoms with Crippen molar-refractivity contribution in [3.8, 4) is 0 Å². The van der Waals surface area contributed by atoms with E-state index in [4.69, 9.17) is 11.5 Å². The number of amides is 1. The van der Waals surface area contributed by atoms with Crippen LogP contribution in [-0.4, -0.2) is 29.7 Å². The molecule has 3 aromatic rings. The fraction of sp³-hybridized carbons (Fsp3) is 0.250. The van der Waals surface area contributed by atoms with Gasteiger partial charge in [-0.2, -0.15) is 0 Å². The number of thiol groups is 1. The van der Waals surface area contributed by atoms with Gasteiger partial charge < -0.3 is 11.5 Å². The largest absolute Gasteiger partial charge is 0.330 e. The van der Waals surface area contributed by atoms with Crippen molar-refractivity contribution in [2.45, 2.75) is 31.3 Å². The van der Waals surface area contributed by atoms with Crippen molar-refractivity contribution in [1.29, 1.82) is 0 Å². The molecule has 156 valence electrons. The van der Waals surface area contributed by atoms with Gasteiger partial charge in [-0.1, -0.05) is 60.7 Å². The first-order valence-corrected chi connectivity index (χ1v) is 10.5. The summed E-state index contributed by atoms with van der Waals surface area (Å²) in [4.78, 5) is 27.4. The number of carbonyl (C=O) groups excluding carboxylic acids is 2. The van der Waals surface area contributed by atoms with E-state index in [1.807, 2.05) is 72.8 Å². The second kappa shape index (κ2) is 10.4. The van der Waals surface area contributed by atoms with Gasteiger partial charge in [0.25, 0.3) is 0 Å². The van der Waals surface area contributed by atoms with E-state index in [2.05, 4.69) is 12.6 Å². The first-order chi connectivity index (χ1) is 14.5. The lowest BCUT2D eigenvalue weighted by Crippen LogP contribution is -2.52. The number of nitrogens with zero attached hydrogens (tertiary/aromatic N) is 1. The molecule has 3 rings (SSSR count). The summed E-state index contributed by atoms with van der Waals surface area (Å²) in [6.45, 7) is 0.424. The average Bonchev–Trinajstić information content (AvgIpc) is 2.76. The van der Waals surface area contributed by atoms with Crippen LogP contribution in [0.2, 0.25) is 0 Å². The maximum atomic E-state index is 13.5. The monoisotopic (exact) mass is 421 g/mol. The molecule has 0 saturated heterocycles. The number of carbonyl (C=O) groups is 2. The van der Waals surface area contributed by atoms with Crippen molar-refractivity contribution >= 4 is 40.1 Å². The lowest BCUT2D eigenvalue weighted by atomic mass is 10.0. The van der Waals surface area contributed by atoms with Crippen LogP contribution in [0.5, 0.6) is 0 Å². The molecule has 30 heavy (non-hydrogen) atoms. The molecule has 0 heterocycles. The Kier molecular flexibility index (Phi) is 7.63. The Labute approximate surface area is 182 Å². The lowest BCUT2D eigenvalue weighted by molar-refractivity contribution is -0.122. The Hall–Kier alpha value is -2.67. The molecule has 4 N–H and O–H groups in total. The van der Waals surface area contributed by atoms with Crippen molar-refractivity contribution in [2.24, 2.45) is 11.5 Å². The molecule has 0 fully saturated rings. The van der Waals surface area contributed by atoms with E-state index in [-0.39, 0.29) is 11.0 Å². The summed E-state index contributed by atoms with van der Waals surface area (Å²) in [5.41, 5.74) is 13.6. The van der Waals surface area contributed by atoms with E-state index in [0.717, 1.165) is 16.3 Å².